The molecule has 2 aliphatic rings. The lowest BCUT2D eigenvalue weighted by atomic mass is 9.82. The summed E-state index contributed by atoms with van der Waals surface area (Å²) in [5.74, 6) is -0.0685. The minimum Gasteiger partial charge on any atom is -0.383 e. The van der Waals surface area contributed by atoms with Crippen LogP contribution in [-0.2, 0) is 21.2 Å². The average molecular weight is 582 g/mol. The van der Waals surface area contributed by atoms with E-state index < -0.39 is 33.7 Å². The van der Waals surface area contributed by atoms with Gasteiger partial charge in [0.25, 0.3) is 5.91 Å². The number of carbonyl (C=O) groups is 1. The van der Waals surface area contributed by atoms with Crippen LogP contribution in [0.25, 0.3) is 10.4 Å². The lowest BCUT2D eigenvalue weighted by Crippen LogP contribution is -2.56. The number of amides is 1. The van der Waals surface area contributed by atoms with Crippen molar-refractivity contribution in [2.45, 2.75) is 62.2 Å². The van der Waals surface area contributed by atoms with Gasteiger partial charge < -0.3 is 15.2 Å². The van der Waals surface area contributed by atoms with Crippen LogP contribution in [0.15, 0.2) is 17.0 Å². The van der Waals surface area contributed by atoms with Gasteiger partial charge in [-0.1, -0.05) is 36.9 Å². The van der Waals surface area contributed by atoms with Gasteiger partial charge in [0.05, 0.1) is 40.2 Å². The van der Waals surface area contributed by atoms with Crippen LogP contribution in [-0.4, -0.2) is 62.0 Å². The molecule has 1 amide bonds. The molecule has 1 saturated heterocycles. The predicted octanol–water partition coefficient (Wildman–Crippen LogP) is 3.83. The highest BCUT2D eigenvalue weighted by molar-refractivity contribution is 7.89. The number of carbonyl (C=O) groups excluding carboxylic acids is 1. The Bertz CT molecular complexity index is 1290. The first-order valence-corrected chi connectivity index (χ1v) is 14.3. The summed E-state index contributed by atoms with van der Waals surface area (Å²) in [6.07, 6.45) is -0.982. The van der Waals surface area contributed by atoms with E-state index in [0.29, 0.717) is 28.5 Å². The zero-order chi connectivity index (χ0) is 27.2. The van der Waals surface area contributed by atoms with E-state index in [9.17, 15) is 31.5 Å². The molecule has 2 aromatic rings. The second kappa shape index (κ2) is 10.4. The van der Waals surface area contributed by atoms with Crippen LogP contribution in [0.4, 0.5) is 13.2 Å². The fourth-order valence-corrected chi connectivity index (χ4v) is 6.92. The van der Waals surface area contributed by atoms with E-state index in [0.717, 1.165) is 37.5 Å². The van der Waals surface area contributed by atoms with Crippen molar-refractivity contribution < 1.29 is 36.2 Å². The molecule has 2 fully saturated rings. The highest BCUT2D eigenvalue weighted by Crippen LogP contribution is 2.41. The highest BCUT2D eigenvalue weighted by Gasteiger charge is 2.40. The maximum absolute atomic E-state index is 12.9. The van der Waals surface area contributed by atoms with Crippen LogP contribution in [0, 0.1) is 12.8 Å². The SMILES string of the molecule is Cc1c(S(=O)(=O)N[C@@H](C)C(F)(F)F)ccc(-c2sc(C(=O)NCC3(O)COC3)nc2CC2CCC2)c1Cl. The molecule has 1 aromatic heterocycles. The highest BCUT2D eigenvalue weighted by atomic mass is 35.5. The number of benzene rings is 1. The number of aromatic nitrogens is 1. The molecule has 1 aliphatic carbocycles. The first kappa shape index (κ1) is 28.2. The smallest absolute Gasteiger partial charge is 0.383 e. The summed E-state index contributed by atoms with van der Waals surface area (Å²) in [4.78, 5) is 17.6. The minimum atomic E-state index is -4.75. The molecular formula is C23H27ClF3N3O5S2. The standard InChI is InChI=1S/C23H27ClF3N3O5S2/c1-12-17(37(33,34)30-13(2)23(25,26)27)7-6-15(18(12)24)19-16(8-14-4-3-5-14)29-21(36-19)20(31)28-9-22(32)10-35-11-22/h6-7,13-14,30,32H,3-5,8-11H2,1-2H3,(H,28,31)/t13-/m0/s1. The number of aliphatic hydroxyl groups is 1. The maximum Gasteiger partial charge on any atom is 0.404 e. The largest absolute Gasteiger partial charge is 0.404 e. The lowest BCUT2D eigenvalue weighted by Gasteiger charge is -2.36. The van der Waals surface area contributed by atoms with E-state index in [1.54, 1.807) is 4.72 Å². The summed E-state index contributed by atoms with van der Waals surface area (Å²) < 4.78 is 70.8. The molecule has 37 heavy (non-hydrogen) atoms. The normalized spacial score (nSPS) is 18.7. The quantitative estimate of drug-likeness (QED) is 0.414. The van der Waals surface area contributed by atoms with Crippen molar-refractivity contribution in [3.8, 4) is 10.4 Å². The van der Waals surface area contributed by atoms with Crippen LogP contribution in [0.5, 0.6) is 0 Å². The zero-order valence-electron chi connectivity index (χ0n) is 20.1. The summed E-state index contributed by atoms with van der Waals surface area (Å²) >= 11 is 7.66. The molecule has 2 heterocycles. The van der Waals surface area contributed by atoms with E-state index in [1.165, 1.54) is 19.1 Å². The second-order valence-electron chi connectivity index (χ2n) is 9.63. The number of alkyl halides is 3. The van der Waals surface area contributed by atoms with Crippen LogP contribution in [0.2, 0.25) is 5.02 Å². The number of hydrogen-bond donors (Lipinski definition) is 3. The molecule has 1 aromatic carbocycles. The van der Waals surface area contributed by atoms with E-state index >= 15 is 0 Å². The minimum absolute atomic E-state index is 0.00841. The topological polar surface area (TPSA) is 118 Å². The van der Waals surface area contributed by atoms with Gasteiger partial charge in [-0.3, -0.25) is 4.79 Å². The van der Waals surface area contributed by atoms with Crippen molar-refractivity contribution in [3.05, 3.63) is 33.4 Å². The van der Waals surface area contributed by atoms with E-state index in [1.807, 2.05) is 0 Å². The zero-order valence-corrected chi connectivity index (χ0v) is 22.5. The lowest BCUT2D eigenvalue weighted by molar-refractivity contribution is -0.173. The number of nitrogens with zero attached hydrogens (tertiary/aromatic N) is 1. The van der Waals surface area contributed by atoms with Gasteiger partial charge in [0.15, 0.2) is 5.01 Å². The third-order valence-electron chi connectivity index (χ3n) is 6.61. The fraction of sp³-hybridized carbons (Fsp3) is 0.565. The first-order valence-electron chi connectivity index (χ1n) is 11.7. The molecule has 1 aliphatic heterocycles. The van der Waals surface area contributed by atoms with Crippen molar-refractivity contribution >= 4 is 38.9 Å². The number of thiazole rings is 1. The van der Waals surface area contributed by atoms with E-state index in [4.69, 9.17) is 16.3 Å². The summed E-state index contributed by atoms with van der Waals surface area (Å²) in [6.45, 7) is 2.40. The molecule has 0 unspecified atom stereocenters. The second-order valence-corrected chi connectivity index (χ2v) is 12.7. The summed E-state index contributed by atoms with van der Waals surface area (Å²) in [5.41, 5.74) is 0.0663. The molecule has 3 N–H and O–H groups in total. The van der Waals surface area contributed by atoms with Crippen LogP contribution in [0.3, 0.4) is 0 Å². The number of ether oxygens (including phenoxy) is 1. The van der Waals surface area contributed by atoms with Gasteiger partial charge in [0, 0.05) is 5.56 Å². The van der Waals surface area contributed by atoms with E-state index in [-0.39, 0.29) is 40.2 Å². The Labute approximate surface area is 221 Å². The number of nitrogens with one attached hydrogen (secondary N) is 2. The van der Waals surface area contributed by atoms with Crippen LogP contribution < -0.4 is 10.0 Å². The molecule has 1 atom stereocenters. The van der Waals surface area contributed by atoms with Crippen LogP contribution >= 0.6 is 22.9 Å². The van der Waals surface area contributed by atoms with Crippen molar-refractivity contribution in [2.75, 3.05) is 19.8 Å². The number of rotatable bonds is 9. The molecule has 4 rings (SSSR count). The van der Waals surface area contributed by atoms with Crippen molar-refractivity contribution in [2.24, 2.45) is 5.92 Å². The van der Waals surface area contributed by atoms with Gasteiger partial charge in [-0.2, -0.15) is 17.9 Å². The van der Waals surface area contributed by atoms with Gasteiger partial charge >= 0.3 is 6.18 Å². The summed E-state index contributed by atoms with van der Waals surface area (Å²) in [7, 11) is -4.51. The Morgan fingerprint density at radius 2 is 2.03 bits per heavy atom. The molecule has 8 nitrogen and oxygen atoms in total. The molecule has 0 spiro atoms. The third-order valence-corrected chi connectivity index (χ3v) is 9.91. The Morgan fingerprint density at radius 1 is 1.35 bits per heavy atom. The fourth-order valence-electron chi connectivity index (χ4n) is 4.03. The van der Waals surface area contributed by atoms with Crippen molar-refractivity contribution in [1.82, 2.24) is 15.0 Å². The van der Waals surface area contributed by atoms with Crippen LogP contribution in [0.1, 0.15) is 47.2 Å². The maximum atomic E-state index is 12.9. The number of hydrogen-bond acceptors (Lipinski definition) is 7. The van der Waals surface area contributed by atoms with Gasteiger partial charge in [-0.05, 0) is 37.8 Å². The third kappa shape index (κ3) is 6.12. The predicted molar refractivity (Wildman–Crippen MR) is 132 cm³/mol. The Hall–Kier alpha value is -1.77. The Morgan fingerprint density at radius 3 is 2.57 bits per heavy atom. The Kier molecular flexibility index (Phi) is 7.95. The first-order chi connectivity index (χ1) is 17.2. The summed E-state index contributed by atoms with van der Waals surface area (Å²) in [6, 6.07) is 0.355. The van der Waals surface area contributed by atoms with Gasteiger partial charge in [-0.15, -0.1) is 11.3 Å². The summed E-state index contributed by atoms with van der Waals surface area (Å²) in [5, 5.41) is 13.1. The Balaban J connectivity index is 1.65. The van der Waals surface area contributed by atoms with Gasteiger partial charge in [0.1, 0.15) is 11.6 Å². The van der Waals surface area contributed by atoms with Gasteiger partial charge in [-0.25, -0.2) is 13.4 Å². The molecule has 0 radical (unpaired) electrons. The molecule has 14 heteroatoms. The number of halogens is 4. The van der Waals surface area contributed by atoms with Gasteiger partial charge in [0.2, 0.25) is 10.0 Å². The molecular weight excluding hydrogens is 555 g/mol. The average Bonchev–Trinajstić information content (AvgIpc) is 3.17. The van der Waals surface area contributed by atoms with Crippen molar-refractivity contribution in [1.29, 1.82) is 0 Å². The monoisotopic (exact) mass is 581 g/mol. The van der Waals surface area contributed by atoms with Crippen molar-refractivity contribution in [3.63, 3.8) is 0 Å². The number of sulfonamides is 1. The molecule has 204 valence electrons. The van der Waals surface area contributed by atoms with E-state index in [2.05, 4.69) is 10.3 Å². The molecule has 1 saturated carbocycles. The molecule has 0 bridgehead atoms.